The van der Waals surface area contributed by atoms with E-state index in [4.69, 9.17) is 0 Å². The molecule has 1 N–H and O–H groups in total. The normalized spacial score (nSPS) is 10.4. The zero-order chi connectivity index (χ0) is 16.8. The number of hydrazone groups is 1. The molecule has 9 heteroatoms. The van der Waals surface area contributed by atoms with E-state index in [-0.39, 0.29) is 22.5 Å². The van der Waals surface area contributed by atoms with Crippen LogP contribution in [-0.2, 0) is 0 Å². The lowest BCUT2D eigenvalue weighted by atomic mass is 10.2. The Balaban J connectivity index is 2.07. The molecule has 0 aliphatic rings. The van der Waals surface area contributed by atoms with Gasteiger partial charge < -0.3 is 0 Å². The first kappa shape index (κ1) is 15.8. The Kier molecular flexibility index (Phi) is 4.72. The molecule has 0 saturated carbocycles. The van der Waals surface area contributed by atoms with Crippen LogP contribution in [0.5, 0.6) is 0 Å². The maximum absolute atomic E-state index is 11.8. The third kappa shape index (κ3) is 3.94. The van der Waals surface area contributed by atoms with E-state index in [2.05, 4.69) is 10.5 Å². The molecule has 0 spiro atoms. The molecule has 0 aromatic heterocycles. The molecule has 0 unspecified atom stereocenters. The van der Waals surface area contributed by atoms with E-state index < -0.39 is 15.8 Å². The molecule has 1 amide bonds. The summed E-state index contributed by atoms with van der Waals surface area (Å²) < 4.78 is 0. The van der Waals surface area contributed by atoms with Crippen LogP contribution in [0, 0.1) is 20.2 Å². The zero-order valence-corrected chi connectivity index (χ0v) is 11.6. The van der Waals surface area contributed by atoms with Crippen molar-refractivity contribution in [1.29, 1.82) is 0 Å². The minimum absolute atomic E-state index is 0.134. The summed E-state index contributed by atoms with van der Waals surface area (Å²) in [6.07, 6.45) is 1.15. The molecule has 2 aromatic carbocycles. The number of nitrogens with one attached hydrogen (secondary N) is 1. The third-order valence-corrected chi connectivity index (χ3v) is 2.84. The molecular formula is C14H10N4O5. The second kappa shape index (κ2) is 6.89. The number of nitro benzene ring substituents is 2. The highest BCUT2D eigenvalue weighted by atomic mass is 16.6. The maximum atomic E-state index is 11.8. The van der Waals surface area contributed by atoms with Gasteiger partial charge in [-0.1, -0.05) is 12.1 Å². The topological polar surface area (TPSA) is 128 Å². The molecule has 2 aromatic rings. The highest BCUT2D eigenvalue weighted by Gasteiger charge is 2.11. The van der Waals surface area contributed by atoms with Crippen molar-refractivity contribution in [2.24, 2.45) is 5.10 Å². The Morgan fingerprint density at radius 1 is 1.00 bits per heavy atom. The summed E-state index contributed by atoms with van der Waals surface area (Å²) in [5.41, 5.74) is 2.34. The monoisotopic (exact) mass is 314 g/mol. The smallest absolute Gasteiger partial charge is 0.267 e. The number of carbonyl (C=O) groups is 1. The van der Waals surface area contributed by atoms with Crippen molar-refractivity contribution in [2.75, 3.05) is 0 Å². The largest absolute Gasteiger partial charge is 0.278 e. The summed E-state index contributed by atoms with van der Waals surface area (Å²) in [5, 5.41) is 25.0. The summed E-state index contributed by atoms with van der Waals surface area (Å²) in [7, 11) is 0. The lowest BCUT2D eigenvalue weighted by Crippen LogP contribution is -2.17. The summed E-state index contributed by atoms with van der Waals surface area (Å²) in [6.45, 7) is 0. The van der Waals surface area contributed by atoms with Crippen molar-refractivity contribution in [1.82, 2.24) is 5.43 Å². The number of benzene rings is 2. The summed E-state index contributed by atoms with van der Waals surface area (Å²) in [6, 6.07) is 10.9. The fraction of sp³-hybridized carbons (Fsp3) is 0. The predicted octanol–water partition coefficient (Wildman–Crippen LogP) is 2.27. The van der Waals surface area contributed by atoms with Gasteiger partial charge in [0.1, 0.15) is 0 Å². The van der Waals surface area contributed by atoms with Gasteiger partial charge in [0.15, 0.2) is 0 Å². The van der Waals surface area contributed by atoms with E-state index in [1.165, 1.54) is 42.5 Å². The molecule has 0 heterocycles. The molecule has 23 heavy (non-hydrogen) atoms. The average Bonchev–Trinajstić information content (AvgIpc) is 2.55. The van der Waals surface area contributed by atoms with E-state index in [1.54, 1.807) is 6.07 Å². The van der Waals surface area contributed by atoms with Gasteiger partial charge in [-0.05, 0) is 18.2 Å². The molecule has 0 radical (unpaired) electrons. The molecule has 116 valence electrons. The summed E-state index contributed by atoms with van der Waals surface area (Å²) >= 11 is 0. The number of para-hydroxylation sites is 1. The maximum Gasteiger partial charge on any atom is 0.278 e. The van der Waals surface area contributed by atoms with Crippen LogP contribution in [0.15, 0.2) is 53.6 Å². The number of nitro groups is 2. The first-order chi connectivity index (χ1) is 11.0. The molecule has 0 saturated heterocycles. The summed E-state index contributed by atoms with van der Waals surface area (Å²) in [5.74, 6) is -0.588. The quantitative estimate of drug-likeness (QED) is 0.514. The van der Waals surface area contributed by atoms with Crippen molar-refractivity contribution >= 4 is 23.5 Å². The molecule has 0 fully saturated rings. The first-order valence-corrected chi connectivity index (χ1v) is 6.30. The van der Waals surface area contributed by atoms with Gasteiger partial charge in [0.25, 0.3) is 17.3 Å². The number of hydrogen-bond acceptors (Lipinski definition) is 6. The Morgan fingerprint density at radius 3 is 2.26 bits per heavy atom. The molecule has 0 atom stereocenters. The van der Waals surface area contributed by atoms with E-state index >= 15 is 0 Å². The molecule has 0 aliphatic heterocycles. The van der Waals surface area contributed by atoms with E-state index in [9.17, 15) is 25.0 Å². The van der Waals surface area contributed by atoms with Crippen molar-refractivity contribution in [3.63, 3.8) is 0 Å². The number of hydrogen-bond donors (Lipinski definition) is 1. The lowest BCUT2D eigenvalue weighted by molar-refractivity contribution is -0.385. The highest BCUT2D eigenvalue weighted by molar-refractivity contribution is 5.95. The standard InChI is InChI=1S/C14H10N4O5/c19-14(10-5-7-12(8-6-10)17(20)21)16-15-9-11-3-1-2-4-13(11)18(22)23/h1-9H,(H,16,19). The van der Waals surface area contributed by atoms with Crippen molar-refractivity contribution in [3.8, 4) is 0 Å². The number of rotatable bonds is 5. The Morgan fingerprint density at radius 2 is 1.65 bits per heavy atom. The zero-order valence-electron chi connectivity index (χ0n) is 11.6. The van der Waals surface area contributed by atoms with Gasteiger partial charge in [0, 0.05) is 23.8 Å². The lowest BCUT2D eigenvalue weighted by Gasteiger charge is -2.00. The predicted molar refractivity (Wildman–Crippen MR) is 81.3 cm³/mol. The van der Waals surface area contributed by atoms with E-state index in [1.807, 2.05) is 0 Å². The SMILES string of the molecule is O=C(NN=Cc1ccccc1[N+](=O)[O-])c1ccc([N+](=O)[O-])cc1. The first-order valence-electron chi connectivity index (χ1n) is 6.30. The Hall–Kier alpha value is -3.62. The van der Waals surface area contributed by atoms with Gasteiger partial charge >= 0.3 is 0 Å². The van der Waals surface area contributed by atoms with Crippen molar-refractivity contribution in [2.45, 2.75) is 0 Å². The summed E-state index contributed by atoms with van der Waals surface area (Å²) in [4.78, 5) is 32.0. The number of amides is 1. The van der Waals surface area contributed by atoms with Crippen LogP contribution in [0.1, 0.15) is 15.9 Å². The fourth-order valence-corrected chi connectivity index (χ4v) is 1.72. The van der Waals surface area contributed by atoms with Crippen LogP contribution >= 0.6 is 0 Å². The van der Waals surface area contributed by atoms with Crippen LogP contribution in [0.25, 0.3) is 0 Å². The fourth-order valence-electron chi connectivity index (χ4n) is 1.72. The van der Waals surface area contributed by atoms with E-state index in [0.717, 1.165) is 6.21 Å². The molecule has 2 rings (SSSR count). The average molecular weight is 314 g/mol. The van der Waals surface area contributed by atoms with Crippen LogP contribution in [0.2, 0.25) is 0 Å². The van der Waals surface area contributed by atoms with E-state index in [0.29, 0.717) is 0 Å². The molecular weight excluding hydrogens is 304 g/mol. The van der Waals surface area contributed by atoms with Crippen LogP contribution < -0.4 is 5.43 Å². The van der Waals surface area contributed by atoms with Crippen LogP contribution in [0.4, 0.5) is 11.4 Å². The third-order valence-electron chi connectivity index (χ3n) is 2.84. The number of nitrogens with zero attached hydrogens (tertiary/aromatic N) is 3. The van der Waals surface area contributed by atoms with Gasteiger partial charge in [-0.2, -0.15) is 5.10 Å². The van der Waals surface area contributed by atoms with Gasteiger partial charge in [0.2, 0.25) is 0 Å². The molecule has 0 aliphatic carbocycles. The molecule has 9 nitrogen and oxygen atoms in total. The minimum atomic E-state index is -0.588. The van der Waals surface area contributed by atoms with Gasteiger partial charge in [-0.15, -0.1) is 0 Å². The van der Waals surface area contributed by atoms with Crippen LogP contribution in [-0.4, -0.2) is 22.0 Å². The van der Waals surface area contributed by atoms with Gasteiger partial charge in [0.05, 0.1) is 21.6 Å². The number of carbonyl (C=O) groups excluding carboxylic acids is 1. The highest BCUT2D eigenvalue weighted by Crippen LogP contribution is 2.15. The Bertz CT molecular complexity index is 786. The minimum Gasteiger partial charge on any atom is -0.267 e. The number of non-ortho nitro benzene ring substituents is 1. The van der Waals surface area contributed by atoms with Crippen molar-refractivity contribution < 1.29 is 14.6 Å². The Labute approximate surface area is 129 Å². The molecule has 0 bridgehead atoms. The second-order valence-electron chi connectivity index (χ2n) is 4.32. The van der Waals surface area contributed by atoms with Gasteiger partial charge in [-0.25, -0.2) is 5.43 Å². The van der Waals surface area contributed by atoms with Crippen molar-refractivity contribution in [3.05, 3.63) is 79.9 Å². The van der Waals surface area contributed by atoms with Gasteiger partial charge in [-0.3, -0.25) is 25.0 Å². The van der Waals surface area contributed by atoms with Crippen LogP contribution in [0.3, 0.4) is 0 Å². The second-order valence-corrected chi connectivity index (χ2v) is 4.32.